The molecule has 1 atom stereocenters. The Morgan fingerprint density at radius 3 is 2.75 bits per heavy atom. The van der Waals surface area contributed by atoms with E-state index in [0.29, 0.717) is 12.2 Å². The van der Waals surface area contributed by atoms with Gasteiger partial charge in [-0.25, -0.2) is 13.1 Å². The number of carbonyl (C=O) groups excluding carboxylic acids is 2. The number of amides is 2. The number of fused-ring (bicyclic) bond motifs is 1. The van der Waals surface area contributed by atoms with Crippen molar-refractivity contribution < 1.29 is 22.4 Å². The van der Waals surface area contributed by atoms with Crippen LogP contribution in [0, 0.1) is 0 Å². The number of hydrogen-bond acceptors (Lipinski definition) is 5. The Kier molecular flexibility index (Phi) is 5.85. The Morgan fingerprint density at radius 2 is 2.07 bits per heavy atom. The zero-order valence-corrected chi connectivity index (χ0v) is 16.6. The van der Waals surface area contributed by atoms with Crippen molar-refractivity contribution >= 4 is 27.5 Å². The lowest BCUT2D eigenvalue weighted by Crippen LogP contribution is -2.33. The maximum absolute atomic E-state index is 12.5. The van der Waals surface area contributed by atoms with Crippen LogP contribution in [-0.2, 0) is 32.6 Å². The van der Waals surface area contributed by atoms with Crippen LogP contribution in [0.3, 0.4) is 0 Å². The van der Waals surface area contributed by atoms with Gasteiger partial charge < -0.3 is 14.6 Å². The second kappa shape index (κ2) is 8.15. The van der Waals surface area contributed by atoms with Crippen molar-refractivity contribution in [3.05, 3.63) is 47.9 Å². The first-order valence-corrected chi connectivity index (χ1v) is 10.5. The van der Waals surface area contributed by atoms with Gasteiger partial charge in [-0.2, -0.15) is 0 Å². The minimum atomic E-state index is -3.74. The highest BCUT2D eigenvalue weighted by Gasteiger charge is 2.30. The van der Waals surface area contributed by atoms with Gasteiger partial charge in [0.25, 0.3) is 0 Å². The molecule has 1 aliphatic heterocycles. The summed E-state index contributed by atoms with van der Waals surface area (Å²) in [5, 5.41) is 2.66. The molecular weight excluding hydrogens is 382 g/mol. The van der Waals surface area contributed by atoms with E-state index in [-0.39, 0.29) is 42.3 Å². The van der Waals surface area contributed by atoms with E-state index < -0.39 is 10.0 Å². The summed E-state index contributed by atoms with van der Waals surface area (Å²) in [6, 6.07) is 8.19. The molecule has 0 spiro atoms. The largest absolute Gasteiger partial charge is 0.467 e. The molecule has 0 fully saturated rings. The van der Waals surface area contributed by atoms with Crippen LogP contribution in [0.15, 0.2) is 45.9 Å². The summed E-state index contributed by atoms with van der Waals surface area (Å²) in [5.74, 6) is 0.278. The van der Waals surface area contributed by atoms with Crippen LogP contribution in [0.5, 0.6) is 0 Å². The topological polar surface area (TPSA) is 109 Å². The molecule has 1 aromatic heterocycles. The lowest BCUT2D eigenvalue weighted by atomic mass is 10.1. The average molecular weight is 405 g/mol. The number of nitrogens with zero attached hydrogens (tertiary/aromatic N) is 1. The van der Waals surface area contributed by atoms with E-state index in [4.69, 9.17) is 4.42 Å². The van der Waals surface area contributed by atoms with Gasteiger partial charge in [-0.15, -0.1) is 0 Å². The Balaban J connectivity index is 1.57. The van der Waals surface area contributed by atoms with Crippen LogP contribution in [0.2, 0.25) is 0 Å². The fourth-order valence-electron chi connectivity index (χ4n) is 3.32. The van der Waals surface area contributed by atoms with Crippen LogP contribution in [0.25, 0.3) is 0 Å². The third kappa shape index (κ3) is 4.42. The van der Waals surface area contributed by atoms with Gasteiger partial charge in [-0.1, -0.05) is 0 Å². The summed E-state index contributed by atoms with van der Waals surface area (Å²) in [4.78, 5) is 25.4. The minimum absolute atomic E-state index is 0.00345. The van der Waals surface area contributed by atoms with Crippen molar-refractivity contribution in [3.8, 4) is 0 Å². The highest BCUT2D eigenvalue weighted by molar-refractivity contribution is 7.89. The molecule has 0 saturated heterocycles. The van der Waals surface area contributed by atoms with E-state index in [0.717, 1.165) is 11.3 Å². The van der Waals surface area contributed by atoms with Gasteiger partial charge in [0.1, 0.15) is 5.76 Å². The molecule has 1 aliphatic rings. The Morgan fingerprint density at radius 1 is 1.29 bits per heavy atom. The number of hydrogen-bond donors (Lipinski definition) is 2. The van der Waals surface area contributed by atoms with E-state index in [2.05, 4.69) is 10.0 Å². The van der Waals surface area contributed by atoms with Crippen LogP contribution < -0.4 is 14.9 Å². The highest BCUT2D eigenvalue weighted by atomic mass is 32.2. The SMILES string of the molecule is CC(=O)N1c2ccc(S(=O)(=O)NCCC(=O)NCc3ccco3)cc2CC1C. The average Bonchev–Trinajstić information content (AvgIpc) is 3.25. The van der Waals surface area contributed by atoms with Crippen molar-refractivity contribution in [2.24, 2.45) is 0 Å². The van der Waals surface area contributed by atoms with Crippen LogP contribution in [0.1, 0.15) is 31.6 Å². The lowest BCUT2D eigenvalue weighted by molar-refractivity contribution is -0.121. The summed E-state index contributed by atoms with van der Waals surface area (Å²) >= 11 is 0. The van der Waals surface area contributed by atoms with Gasteiger partial charge in [0.2, 0.25) is 21.8 Å². The molecule has 3 rings (SSSR count). The molecule has 0 saturated carbocycles. The summed E-state index contributed by atoms with van der Waals surface area (Å²) < 4.78 is 32.6. The highest BCUT2D eigenvalue weighted by Crippen LogP contribution is 2.33. The van der Waals surface area contributed by atoms with Gasteiger partial charge in [-0.3, -0.25) is 9.59 Å². The molecule has 9 heteroatoms. The number of anilines is 1. The van der Waals surface area contributed by atoms with Crippen LogP contribution in [0.4, 0.5) is 5.69 Å². The first kappa shape index (κ1) is 20.1. The molecule has 1 unspecified atom stereocenters. The van der Waals surface area contributed by atoms with Crippen molar-refractivity contribution in [2.45, 2.75) is 44.2 Å². The Hall–Kier alpha value is -2.65. The fraction of sp³-hybridized carbons (Fsp3) is 0.368. The minimum Gasteiger partial charge on any atom is -0.467 e. The normalized spacial score (nSPS) is 16.1. The van der Waals surface area contributed by atoms with Crippen molar-refractivity contribution in [1.29, 1.82) is 0 Å². The van der Waals surface area contributed by atoms with Gasteiger partial charge in [-0.05, 0) is 49.2 Å². The molecule has 8 nitrogen and oxygen atoms in total. The fourth-order valence-corrected chi connectivity index (χ4v) is 4.41. The molecular formula is C19H23N3O5S. The molecule has 2 amide bonds. The summed E-state index contributed by atoms with van der Waals surface area (Å²) in [6.45, 7) is 3.66. The molecule has 1 aromatic carbocycles. The maximum Gasteiger partial charge on any atom is 0.240 e. The molecule has 2 heterocycles. The second-order valence-electron chi connectivity index (χ2n) is 6.74. The van der Waals surface area contributed by atoms with Gasteiger partial charge >= 0.3 is 0 Å². The van der Waals surface area contributed by atoms with E-state index in [1.54, 1.807) is 29.2 Å². The third-order valence-electron chi connectivity index (χ3n) is 4.60. The van der Waals surface area contributed by atoms with Gasteiger partial charge in [0.15, 0.2) is 0 Å². The van der Waals surface area contributed by atoms with E-state index in [1.807, 2.05) is 6.92 Å². The molecule has 150 valence electrons. The quantitative estimate of drug-likeness (QED) is 0.727. The maximum atomic E-state index is 12.5. The molecule has 2 aromatic rings. The molecule has 0 bridgehead atoms. The summed E-state index contributed by atoms with van der Waals surface area (Å²) in [5.41, 5.74) is 1.57. The summed E-state index contributed by atoms with van der Waals surface area (Å²) in [6.07, 6.45) is 2.14. The number of rotatable bonds is 7. The number of furan rings is 1. The van der Waals surface area contributed by atoms with E-state index in [9.17, 15) is 18.0 Å². The predicted molar refractivity (Wildman–Crippen MR) is 103 cm³/mol. The third-order valence-corrected chi connectivity index (χ3v) is 6.06. The molecule has 0 aliphatic carbocycles. The monoisotopic (exact) mass is 405 g/mol. The van der Waals surface area contributed by atoms with Crippen LogP contribution >= 0.6 is 0 Å². The Bertz CT molecular complexity index is 969. The van der Waals surface area contributed by atoms with Gasteiger partial charge in [0.05, 0.1) is 17.7 Å². The standard InChI is InChI=1S/C19H23N3O5S/c1-13-10-15-11-17(5-6-18(15)22(13)14(2)23)28(25,26)21-8-7-19(24)20-12-16-4-3-9-27-16/h3-6,9,11,13,21H,7-8,10,12H2,1-2H3,(H,20,24). The number of benzene rings is 1. The van der Waals surface area contributed by atoms with E-state index in [1.165, 1.54) is 19.3 Å². The van der Waals surface area contributed by atoms with Crippen molar-refractivity contribution in [3.63, 3.8) is 0 Å². The number of sulfonamides is 1. The van der Waals surface area contributed by atoms with Crippen LogP contribution in [-0.4, -0.2) is 32.8 Å². The molecule has 2 N–H and O–H groups in total. The lowest BCUT2D eigenvalue weighted by Gasteiger charge is -2.20. The first-order chi connectivity index (χ1) is 13.3. The predicted octanol–water partition coefficient (Wildman–Crippen LogP) is 1.56. The zero-order valence-electron chi connectivity index (χ0n) is 15.8. The number of carbonyl (C=O) groups is 2. The summed E-state index contributed by atoms with van der Waals surface area (Å²) in [7, 11) is -3.74. The zero-order chi connectivity index (χ0) is 20.3. The smallest absolute Gasteiger partial charge is 0.240 e. The van der Waals surface area contributed by atoms with E-state index >= 15 is 0 Å². The Labute approximate surface area is 164 Å². The van der Waals surface area contributed by atoms with Gasteiger partial charge in [0, 0.05) is 31.6 Å². The van der Waals surface area contributed by atoms with Crippen molar-refractivity contribution in [1.82, 2.24) is 10.0 Å². The first-order valence-electron chi connectivity index (χ1n) is 8.99. The molecule has 28 heavy (non-hydrogen) atoms. The van der Waals surface area contributed by atoms with Crippen molar-refractivity contribution in [2.75, 3.05) is 11.4 Å². The molecule has 0 radical (unpaired) electrons. The number of nitrogens with one attached hydrogen (secondary N) is 2. The second-order valence-corrected chi connectivity index (χ2v) is 8.50.